The van der Waals surface area contributed by atoms with Crippen molar-refractivity contribution in [2.24, 2.45) is 0 Å². The molecular formula is C16H12ClN3O2. The number of carbonyl (C=O) groups is 1. The van der Waals surface area contributed by atoms with E-state index >= 15 is 0 Å². The van der Waals surface area contributed by atoms with Gasteiger partial charge in [0.15, 0.2) is 5.76 Å². The van der Waals surface area contributed by atoms with E-state index in [1.807, 2.05) is 18.2 Å². The smallest absolute Gasteiger partial charge is 0.292 e. The molecule has 0 aliphatic carbocycles. The summed E-state index contributed by atoms with van der Waals surface area (Å²) >= 11 is 6.08. The van der Waals surface area contributed by atoms with E-state index in [4.69, 9.17) is 16.0 Å². The Morgan fingerprint density at radius 2 is 1.95 bits per heavy atom. The van der Waals surface area contributed by atoms with Crippen LogP contribution in [-0.4, -0.2) is 10.9 Å². The lowest BCUT2D eigenvalue weighted by molar-refractivity contribution is 0.0996. The van der Waals surface area contributed by atoms with Crippen LogP contribution in [0.15, 0.2) is 65.4 Å². The number of aromatic nitrogens is 1. The van der Waals surface area contributed by atoms with Crippen LogP contribution < -0.4 is 10.6 Å². The maximum absolute atomic E-state index is 11.8. The first-order chi connectivity index (χ1) is 10.7. The second kappa shape index (κ2) is 6.32. The number of hydrogen-bond acceptors (Lipinski definition) is 4. The van der Waals surface area contributed by atoms with Crippen molar-refractivity contribution in [3.8, 4) is 0 Å². The first-order valence-electron chi connectivity index (χ1n) is 6.55. The predicted molar refractivity (Wildman–Crippen MR) is 85.6 cm³/mol. The van der Waals surface area contributed by atoms with Crippen molar-refractivity contribution in [1.29, 1.82) is 0 Å². The number of anilines is 3. The van der Waals surface area contributed by atoms with Crippen LogP contribution in [0.2, 0.25) is 5.02 Å². The van der Waals surface area contributed by atoms with Crippen molar-refractivity contribution >= 4 is 34.7 Å². The molecule has 2 N–H and O–H groups in total. The first-order valence-corrected chi connectivity index (χ1v) is 6.92. The van der Waals surface area contributed by atoms with Crippen LogP contribution in [0.4, 0.5) is 17.2 Å². The number of pyridine rings is 1. The Balaban J connectivity index is 1.68. The van der Waals surface area contributed by atoms with Gasteiger partial charge >= 0.3 is 0 Å². The Morgan fingerprint density at radius 3 is 2.64 bits per heavy atom. The summed E-state index contributed by atoms with van der Waals surface area (Å²) < 4.78 is 5.02. The van der Waals surface area contributed by atoms with Gasteiger partial charge < -0.3 is 15.1 Å². The van der Waals surface area contributed by atoms with Gasteiger partial charge in [-0.1, -0.05) is 23.7 Å². The largest absolute Gasteiger partial charge is 0.459 e. The molecule has 0 bridgehead atoms. The Morgan fingerprint density at radius 1 is 1.09 bits per heavy atom. The zero-order valence-corrected chi connectivity index (χ0v) is 12.2. The number of nitrogens with one attached hydrogen (secondary N) is 2. The number of rotatable bonds is 4. The lowest BCUT2D eigenvalue weighted by Crippen LogP contribution is -2.11. The maximum Gasteiger partial charge on any atom is 0.292 e. The lowest BCUT2D eigenvalue weighted by Gasteiger charge is -2.08. The van der Waals surface area contributed by atoms with Crippen molar-refractivity contribution in [1.82, 2.24) is 4.98 Å². The molecule has 0 aliphatic rings. The Hall–Kier alpha value is -2.79. The predicted octanol–water partition coefficient (Wildman–Crippen LogP) is 4.32. The van der Waals surface area contributed by atoms with E-state index in [1.54, 1.807) is 36.5 Å². The van der Waals surface area contributed by atoms with E-state index in [2.05, 4.69) is 15.6 Å². The molecule has 3 rings (SSSR count). The van der Waals surface area contributed by atoms with Gasteiger partial charge in [0.1, 0.15) is 5.82 Å². The van der Waals surface area contributed by atoms with E-state index in [9.17, 15) is 4.79 Å². The van der Waals surface area contributed by atoms with Gasteiger partial charge in [0.2, 0.25) is 0 Å². The van der Waals surface area contributed by atoms with E-state index in [0.29, 0.717) is 10.8 Å². The lowest BCUT2D eigenvalue weighted by atomic mass is 10.3. The van der Waals surface area contributed by atoms with E-state index < -0.39 is 0 Å². The second-order valence-electron chi connectivity index (χ2n) is 4.47. The van der Waals surface area contributed by atoms with Crippen molar-refractivity contribution in [3.63, 3.8) is 0 Å². The zero-order valence-electron chi connectivity index (χ0n) is 11.4. The Bertz CT molecular complexity index is 770. The van der Waals surface area contributed by atoms with Gasteiger partial charge in [-0.3, -0.25) is 4.79 Å². The number of furan rings is 1. The molecule has 2 heterocycles. The van der Waals surface area contributed by atoms with Gasteiger partial charge in [-0.15, -0.1) is 0 Å². The van der Waals surface area contributed by atoms with Crippen LogP contribution in [0.3, 0.4) is 0 Å². The zero-order chi connectivity index (χ0) is 15.4. The number of para-hydroxylation sites is 1. The fraction of sp³-hybridized carbons (Fsp3) is 0. The summed E-state index contributed by atoms with van der Waals surface area (Å²) in [6, 6.07) is 14.2. The summed E-state index contributed by atoms with van der Waals surface area (Å²) in [6.07, 6.45) is 3.06. The first kappa shape index (κ1) is 14.2. The maximum atomic E-state index is 11.8. The third-order valence-electron chi connectivity index (χ3n) is 2.90. The molecule has 0 radical (unpaired) electrons. The molecule has 1 aromatic carbocycles. The third kappa shape index (κ3) is 3.27. The Labute approximate surface area is 131 Å². The van der Waals surface area contributed by atoms with Crippen LogP contribution in [0.5, 0.6) is 0 Å². The van der Waals surface area contributed by atoms with Crippen molar-refractivity contribution in [3.05, 3.63) is 71.8 Å². The summed E-state index contributed by atoms with van der Waals surface area (Å²) in [5.41, 5.74) is 1.56. The summed E-state index contributed by atoms with van der Waals surface area (Å²) in [4.78, 5) is 16.0. The van der Waals surface area contributed by atoms with Crippen LogP contribution >= 0.6 is 11.6 Å². The van der Waals surface area contributed by atoms with Crippen LogP contribution in [-0.2, 0) is 0 Å². The number of amides is 1. The monoisotopic (exact) mass is 313 g/mol. The topological polar surface area (TPSA) is 67.2 Å². The van der Waals surface area contributed by atoms with Gasteiger partial charge in [0.05, 0.1) is 28.9 Å². The SMILES string of the molecule is O=C(Nc1ccc(Nc2ccccc2Cl)cn1)c1ccco1. The molecule has 0 saturated carbocycles. The van der Waals surface area contributed by atoms with Gasteiger partial charge in [0.25, 0.3) is 5.91 Å². The highest BCUT2D eigenvalue weighted by molar-refractivity contribution is 6.33. The minimum absolute atomic E-state index is 0.236. The molecule has 0 unspecified atom stereocenters. The minimum atomic E-state index is -0.343. The number of halogens is 1. The number of benzene rings is 1. The van der Waals surface area contributed by atoms with Gasteiger partial charge in [-0.05, 0) is 36.4 Å². The highest BCUT2D eigenvalue weighted by Gasteiger charge is 2.09. The molecule has 0 fully saturated rings. The number of nitrogens with zero attached hydrogens (tertiary/aromatic N) is 1. The molecular weight excluding hydrogens is 302 g/mol. The summed E-state index contributed by atoms with van der Waals surface area (Å²) in [7, 11) is 0. The molecule has 22 heavy (non-hydrogen) atoms. The molecule has 3 aromatic rings. The Kier molecular flexibility index (Phi) is 4.07. The number of carbonyl (C=O) groups excluding carboxylic acids is 1. The van der Waals surface area contributed by atoms with Gasteiger partial charge in [0, 0.05) is 0 Å². The third-order valence-corrected chi connectivity index (χ3v) is 3.23. The van der Waals surface area contributed by atoms with Gasteiger partial charge in [-0.25, -0.2) is 4.98 Å². The van der Waals surface area contributed by atoms with E-state index in [0.717, 1.165) is 11.4 Å². The summed E-state index contributed by atoms with van der Waals surface area (Å²) in [5.74, 6) is 0.329. The minimum Gasteiger partial charge on any atom is -0.459 e. The summed E-state index contributed by atoms with van der Waals surface area (Å²) in [6.45, 7) is 0. The van der Waals surface area contributed by atoms with Crippen molar-refractivity contribution in [2.45, 2.75) is 0 Å². The molecule has 0 spiro atoms. The quantitative estimate of drug-likeness (QED) is 0.752. The van der Waals surface area contributed by atoms with Crippen molar-refractivity contribution in [2.75, 3.05) is 10.6 Å². The fourth-order valence-electron chi connectivity index (χ4n) is 1.85. The van der Waals surface area contributed by atoms with E-state index in [1.165, 1.54) is 6.26 Å². The highest BCUT2D eigenvalue weighted by Crippen LogP contribution is 2.24. The van der Waals surface area contributed by atoms with Gasteiger partial charge in [-0.2, -0.15) is 0 Å². The molecule has 5 nitrogen and oxygen atoms in total. The summed E-state index contributed by atoms with van der Waals surface area (Å²) in [5, 5.41) is 6.43. The standard InChI is InChI=1S/C16H12ClN3O2/c17-12-4-1-2-5-13(12)19-11-7-8-15(18-10-11)20-16(21)14-6-3-9-22-14/h1-10,19H,(H,18,20,21). The second-order valence-corrected chi connectivity index (χ2v) is 4.88. The van der Waals surface area contributed by atoms with Crippen LogP contribution in [0.1, 0.15) is 10.6 Å². The molecule has 2 aromatic heterocycles. The molecule has 1 amide bonds. The number of hydrogen-bond donors (Lipinski definition) is 2. The van der Waals surface area contributed by atoms with Crippen molar-refractivity contribution < 1.29 is 9.21 Å². The highest BCUT2D eigenvalue weighted by atomic mass is 35.5. The molecule has 110 valence electrons. The molecule has 0 saturated heterocycles. The van der Waals surface area contributed by atoms with E-state index in [-0.39, 0.29) is 11.7 Å². The van der Waals surface area contributed by atoms with Crippen LogP contribution in [0.25, 0.3) is 0 Å². The fourth-order valence-corrected chi connectivity index (χ4v) is 2.03. The molecule has 0 atom stereocenters. The molecule has 0 aliphatic heterocycles. The normalized spacial score (nSPS) is 10.2. The van der Waals surface area contributed by atoms with Crippen LogP contribution in [0, 0.1) is 0 Å². The average molecular weight is 314 g/mol. The average Bonchev–Trinajstić information content (AvgIpc) is 3.06. The molecule has 6 heteroatoms.